The van der Waals surface area contributed by atoms with Crippen molar-refractivity contribution in [2.24, 2.45) is 10.9 Å². The highest BCUT2D eigenvalue weighted by molar-refractivity contribution is 6.04. The maximum atomic E-state index is 14.1. The van der Waals surface area contributed by atoms with Crippen LogP contribution in [0.15, 0.2) is 102 Å². The number of aliphatic imine (C=N–C) groups is 1. The number of nitrogens with one attached hydrogen (secondary N) is 3. The molecule has 4 aromatic carbocycles. The number of carbonyl (C=O) groups is 4. The summed E-state index contributed by atoms with van der Waals surface area (Å²) in [5.41, 5.74) is 8.88. The standard InChI is InChI=1S/C49H53N7O6/c1-29(2)43(53-48(59)61-4)46(57)56-23-9-13-42(56)45-51-28-40(52-45)36-21-20-34-24-33(18-19-35(34)25-36)31-14-16-32(17-15-31)37-26-39(50-27-37)41-12-8-22-55(41)47(58)44(54-49(60)62-5)38-11-7-6-10-30(38)3/h6-7,10-11,14-21,24-25,27-29,41-44H,8-9,12-13,22-23,26H2,1-5H3,(H,51,52)(H,53,59)(H,54,60)/t41-,42-,43-,44+/m0/s1. The van der Waals surface area contributed by atoms with Crippen LogP contribution in [0.5, 0.6) is 0 Å². The van der Waals surface area contributed by atoms with Crippen LogP contribution in [0.2, 0.25) is 0 Å². The van der Waals surface area contributed by atoms with Crippen molar-refractivity contribution in [2.75, 3.05) is 27.3 Å². The summed E-state index contributed by atoms with van der Waals surface area (Å²) in [6, 6.07) is 27.0. The third-order valence-corrected chi connectivity index (χ3v) is 12.5. The maximum absolute atomic E-state index is 14.1. The highest BCUT2D eigenvalue weighted by Crippen LogP contribution is 2.36. The number of hydrogen-bond donors (Lipinski definition) is 3. The van der Waals surface area contributed by atoms with Gasteiger partial charge in [-0.05, 0) is 94.8 Å². The third kappa shape index (κ3) is 8.57. The first-order chi connectivity index (χ1) is 30.0. The second-order valence-electron chi connectivity index (χ2n) is 16.7. The molecule has 1 aromatic heterocycles. The number of rotatable bonds is 11. The molecular formula is C49H53N7O6. The average Bonchev–Trinajstić information content (AvgIpc) is 4.14. The summed E-state index contributed by atoms with van der Waals surface area (Å²) < 4.78 is 9.66. The van der Waals surface area contributed by atoms with Gasteiger partial charge < -0.3 is 34.9 Å². The second-order valence-corrected chi connectivity index (χ2v) is 16.7. The number of aromatic nitrogens is 2. The summed E-state index contributed by atoms with van der Waals surface area (Å²) >= 11 is 0. The van der Waals surface area contributed by atoms with E-state index in [-0.39, 0.29) is 29.8 Å². The van der Waals surface area contributed by atoms with Gasteiger partial charge in [-0.25, -0.2) is 14.6 Å². The second kappa shape index (κ2) is 18.1. The Balaban J connectivity index is 0.917. The fraction of sp³-hybridized carbons (Fsp3) is 0.347. The first kappa shape index (κ1) is 42.0. The molecule has 0 bridgehead atoms. The van der Waals surface area contributed by atoms with E-state index in [1.807, 2.05) is 67.2 Å². The minimum absolute atomic E-state index is 0.106. The maximum Gasteiger partial charge on any atom is 0.407 e. The number of allylic oxidation sites excluding steroid dienone is 1. The normalized spacial score (nSPS) is 18.4. The minimum atomic E-state index is -0.857. The first-order valence-corrected chi connectivity index (χ1v) is 21.3. The minimum Gasteiger partial charge on any atom is -0.453 e. The number of nitrogens with zero attached hydrogens (tertiary/aromatic N) is 4. The zero-order chi connectivity index (χ0) is 43.5. The monoisotopic (exact) mass is 835 g/mol. The van der Waals surface area contributed by atoms with Crippen LogP contribution in [-0.2, 0) is 19.1 Å². The van der Waals surface area contributed by atoms with Gasteiger partial charge in [-0.15, -0.1) is 0 Å². The highest BCUT2D eigenvalue weighted by atomic mass is 16.5. The van der Waals surface area contributed by atoms with Gasteiger partial charge >= 0.3 is 12.2 Å². The lowest BCUT2D eigenvalue weighted by atomic mass is 9.95. The van der Waals surface area contributed by atoms with Crippen molar-refractivity contribution in [3.8, 4) is 22.4 Å². The number of benzene rings is 4. The molecule has 0 aliphatic carbocycles. The fourth-order valence-corrected chi connectivity index (χ4v) is 9.05. The fourth-order valence-electron chi connectivity index (χ4n) is 9.05. The predicted octanol–water partition coefficient (Wildman–Crippen LogP) is 8.52. The van der Waals surface area contributed by atoms with Crippen molar-refractivity contribution in [1.29, 1.82) is 0 Å². The molecule has 4 heterocycles. The summed E-state index contributed by atoms with van der Waals surface area (Å²) in [5.74, 6) is 0.325. The zero-order valence-corrected chi connectivity index (χ0v) is 35.8. The lowest BCUT2D eigenvalue weighted by molar-refractivity contribution is -0.135. The van der Waals surface area contributed by atoms with Gasteiger partial charge in [0.2, 0.25) is 11.8 Å². The molecule has 13 nitrogen and oxygen atoms in total. The summed E-state index contributed by atoms with van der Waals surface area (Å²) in [6.45, 7) is 6.94. The van der Waals surface area contributed by atoms with E-state index in [4.69, 9.17) is 19.5 Å². The van der Waals surface area contributed by atoms with Gasteiger partial charge in [0.1, 0.15) is 17.9 Å². The Morgan fingerprint density at radius 2 is 1.35 bits per heavy atom. The van der Waals surface area contributed by atoms with Gasteiger partial charge in [-0.1, -0.05) is 86.6 Å². The van der Waals surface area contributed by atoms with Crippen LogP contribution in [0.4, 0.5) is 9.59 Å². The van der Waals surface area contributed by atoms with E-state index in [2.05, 4.69) is 76.3 Å². The molecule has 0 unspecified atom stereocenters. The third-order valence-electron chi connectivity index (χ3n) is 12.5. The molecule has 0 radical (unpaired) electrons. The lowest BCUT2D eigenvalue weighted by Crippen LogP contribution is -2.51. The van der Waals surface area contributed by atoms with Crippen molar-refractivity contribution in [3.05, 3.63) is 120 Å². The topological polar surface area (TPSA) is 158 Å². The molecule has 4 atom stereocenters. The van der Waals surface area contributed by atoms with Crippen LogP contribution in [0.25, 0.3) is 38.7 Å². The van der Waals surface area contributed by atoms with Crippen molar-refractivity contribution in [1.82, 2.24) is 30.4 Å². The van der Waals surface area contributed by atoms with Crippen LogP contribution < -0.4 is 10.6 Å². The quantitative estimate of drug-likeness (QED) is 0.120. The van der Waals surface area contributed by atoms with E-state index in [0.717, 1.165) is 92.6 Å². The Kier molecular flexibility index (Phi) is 12.2. The van der Waals surface area contributed by atoms with Gasteiger partial charge in [0.15, 0.2) is 0 Å². The number of amides is 4. The molecule has 2 saturated heterocycles. The number of H-pyrrole nitrogens is 1. The van der Waals surface area contributed by atoms with Crippen molar-refractivity contribution in [2.45, 2.75) is 77.0 Å². The van der Waals surface area contributed by atoms with E-state index >= 15 is 0 Å². The number of imidazole rings is 1. The molecule has 5 aromatic rings. The van der Waals surface area contributed by atoms with Crippen molar-refractivity contribution in [3.63, 3.8) is 0 Å². The number of likely N-dealkylation sites (tertiary alicyclic amines) is 2. The molecule has 8 rings (SSSR count). The molecule has 62 heavy (non-hydrogen) atoms. The molecule has 3 aliphatic rings. The Bertz CT molecular complexity index is 2560. The smallest absolute Gasteiger partial charge is 0.407 e. The zero-order valence-electron chi connectivity index (χ0n) is 35.8. The number of aromatic amines is 1. The average molecular weight is 836 g/mol. The number of hydrogen-bond acceptors (Lipinski definition) is 8. The van der Waals surface area contributed by atoms with Crippen LogP contribution in [-0.4, -0.2) is 88.9 Å². The van der Waals surface area contributed by atoms with E-state index in [1.165, 1.54) is 14.2 Å². The highest BCUT2D eigenvalue weighted by Gasteiger charge is 2.39. The molecule has 4 amide bonds. The SMILES string of the molecule is COC(=O)N[C@H](C(=O)N1CCC[C@H]1c1ncc(-c2ccc3cc(-c4ccc(C5=CN=C([C@@H]6CCCN6C(=O)[C@H](NC(=O)OC)c6ccccc6C)C5)cc4)ccc3c2)[nH]1)C(C)C. The molecule has 0 spiro atoms. The molecule has 3 aliphatic heterocycles. The van der Waals surface area contributed by atoms with E-state index < -0.39 is 24.3 Å². The lowest BCUT2D eigenvalue weighted by Gasteiger charge is -2.30. The van der Waals surface area contributed by atoms with Crippen LogP contribution in [0.1, 0.15) is 80.6 Å². The van der Waals surface area contributed by atoms with Crippen molar-refractivity contribution < 1.29 is 28.7 Å². The summed E-state index contributed by atoms with van der Waals surface area (Å²) in [5, 5.41) is 7.69. The van der Waals surface area contributed by atoms with Crippen LogP contribution in [0.3, 0.4) is 0 Å². The van der Waals surface area contributed by atoms with E-state index in [9.17, 15) is 19.2 Å². The number of fused-ring (bicyclic) bond motifs is 1. The molecule has 13 heteroatoms. The van der Waals surface area contributed by atoms with Gasteiger partial charge in [-0.2, -0.15) is 0 Å². The van der Waals surface area contributed by atoms with Crippen molar-refractivity contribution >= 4 is 46.1 Å². The number of aryl methyl sites for hydroxylation is 1. The molecular weight excluding hydrogens is 783 g/mol. The predicted molar refractivity (Wildman–Crippen MR) is 239 cm³/mol. The van der Waals surface area contributed by atoms with Gasteiger partial charge in [0.25, 0.3) is 0 Å². The Labute approximate surface area is 361 Å². The van der Waals surface area contributed by atoms with E-state index in [0.29, 0.717) is 19.5 Å². The number of methoxy groups -OCH3 is 2. The Morgan fingerprint density at radius 3 is 2.05 bits per heavy atom. The summed E-state index contributed by atoms with van der Waals surface area (Å²) in [4.78, 5) is 68.8. The largest absolute Gasteiger partial charge is 0.453 e. The van der Waals surface area contributed by atoms with Crippen LogP contribution >= 0.6 is 0 Å². The molecule has 3 N–H and O–H groups in total. The molecule has 2 fully saturated rings. The Hall–Kier alpha value is -6.76. The van der Waals surface area contributed by atoms with Crippen LogP contribution in [0, 0.1) is 12.8 Å². The summed E-state index contributed by atoms with van der Waals surface area (Å²) in [6.07, 6.45) is 6.42. The number of ether oxygens (including phenoxy) is 2. The van der Waals surface area contributed by atoms with E-state index in [1.54, 1.807) is 0 Å². The summed E-state index contributed by atoms with van der Waals surface area (Å²) in [7, 11) is 2.59. The molecule has 0 saturated carbocycles. The van der Waals surface area contributed by atoms with Gasteiger partial charge in [0, 0.05) is 37.0 Å². The first-order valence-electron chi connectivity index (χ1n) is 21.3. The van der Waals surface area contributed by atoms with Gasteiger partial charge in [-0.3, -0.25) is 14.6 Å². The number of carbonyl (C=O) groups excluding carboxylic acids is 4. The number of alkyl carbamates (subject to hydrolysis) is 2. The Morgan fingerprint density at radius 1 is 0.742 bits per heavy atom. The van der Waals surface area contributed by atoms with Gasteiger partial charge in [0.05, 0.1) is 38.2 Å². The molecule has 320 valence electrons.